The van der Waals surface area contributed by atoms with Crippen molar-refractivity contribution in [1.82, 2.24) is 14.9 Å². The molecule has 1 aliphatic rings. The molecule has 0 saturated carbocycles. The zero-order chi connectivity index (χ0) is 15.5. The molecule has 0 spiro atoms. The van der Waals surface area contributed by atoms with E-state index in [2.05, 4.69) is 28.7 Å². The quantitative estimate of drug-likeness (QED) is 0.856. The van der Waals surface area contributed by atoms with Crippen LogP contribution in [0.3, 0.4) is 0 Å². The van der Waals surface area contributed by atoms with Gasteiger partial charge in [-0.15, -0.1) is 0 Å². The van der Waals surface area contributed by atoms with Crippen molar-refractivity contribution >= 4 is 16.8 Å². The highest BCUT2D eigenvalue weighted by molar-refractivity contribution is 5.99. The van der Waals surface area contributed by atoms with E-state index in [0.717, 1.165) is 42.1 Å². The van der Waals surface area contributed by atoms with Gasteiger partial charge in [0.25, 0.3) is 0 Å². The predicted molar refractivity (Wildman–Crippen MR) is 89.4 cm³/mol. The average molecular weight is 299 g/mol. The summed E-state index contributed by atoms with van der Waals surface area (Å²) >= 11 is 0. The van der Waals surface area contributed by atoms with Gasteiger partial charge in [-0.05, 0) is 44.1 Å². The first-order valence-corrected chi connectivity index (χ1v) is 8.38. The Bertz CT molecular complexity index is 653. The van der Waals surface area contributed by atoms with Crippen LogP contribution in [0.5, 0.6) is 0 Å². The van der Waals surface area contributed by atoms with E-state index in [1.165, 1.54) is 19.3 Å². The second kappa shape index (κ2) is 6.61. The fraction of sp³-hybridized carbons (Fsp3) is 0.556. The summed E-state index contributed by atoms with van der Waals surface area (Å²) in [5, 5.41) is 0. The van der Waals surface area contributed by atoms with Gasteiger partial charge < -0.3 is 9.88 Å². The molecule has 2 aromatic rings. The number of hydrogen-bond acceptors (Lipinski definition) is 3. The number of H-pyrrole nitrogens is 1. The van der Waals surface area contributed by atoms with Gasteiger partial charge in [-0.2, -0.15) is 0 Å². The molecule has 0 aliphatic carbocycles. The number of nitrogens with one attached hydrogen (secondary N) is 1. The molecule has 3 rings (SSSR count). The fourth-order valence-corrected chi connectivity index (χ4v) is 3.06. The summed E-state index contributed by atoms with van der Waals surface area (Å²) in [4.78, 5) is 22.7. The summed E-state index contributed by atoms with van der Waals surface area (Å²) in [7, 11) is 0. The number of nitrogens with zero attached hydrogens (tertiary/aromatic N) is 2. The van der Waals surface area contributed by atoms with E-state index >= 15 is 0 Å². The van der Waals surface area contributed by atoms with Crippen molar-refractivity contribution in [3.63, 3.8) is 0 Å². The maximum Gasteiger partial charge on any atom is 0.164 e. The third-order valence-electron chi connectivity index (χ3n) is 4.47. The van der Waals surface area contributed by atoms with E-state index in [0.29, 0.717) is 12.3 Å². The van der Waals surface area contributed by atoms with Crippen LogP contribution < -0.4 is 0 Å². The first-order chi connectivity index (χ1) is 10.6. The van der Waals surface area contributed by atoms with Crippen LogP contribution in [0.2, 0.25) is 0 Å². The van der Waals surface area contributed by atoms with E-state index in [-0.39, 0.29) is 5.78 Å². The number of benzene rings is 1. The van der Waals surface area contributed by atoms with Crippen molar-refractivity contribution in [1.29, 1.82) is 0 Å². The predicted octanol–water partition coefficient (Wildman–Crippen LogP) is 3.75. The number of fused-ring (bicyclic) bond motifs is 1. The second-order valence-electron chi connectivity index (χ2n) is 6.58. The molecule has 1 saturated heterocycles. The number of hydrogen-bond donors (Lipinski definition) is 1. The molecule has 0 radical (unpaired) electrons. The van der Waals surface area contributed by atoms with Crippen molar-refractivity contribution < 1.29 is 4.79 Å². The molecule has 1 aromatic heterocycles. The lowest BCUT2D eigenvalue weighted by atomic mass is 10.1. The minimum atomic E-state index is 0.230. The SMILES string of the molecule is CC(C)c1nc2ccc(C(=O)CCN3CCCCC3)cc2[nH]1. The van der Waals surface area contributed by atoms with Crippen molar-refractivity contribution in [2.24, 2.45) is 0 Å². The highest BCUT2D eigenvalue weighted by atomic mass is 16.1. The summed E-state index contributed by atoms with van der Waals surface area (Å²) < 4.78 is 0. The van der Waals surface area contributed by atoms with E-state index in [4.69, 9.17) is 0 Å². The Morgan fingerprint density at radius 1 is 1.27 bits per heavy atom. The van der Waals surface area contributed by atoms with Gasteiger partial charge >= 0.3 is 0 Å². The molecule has 2 heterocycles. The maximum atomic E-state index is 12.4. The van der Waals surface area contributed by atoms with Crippen LogP contribution in [0.4, 0.5) is 0 Å². The summed E-state index contributed by atoms with van der Waals surface area (Å²) in [5.74, 6) is 1.58. The smallest absolute Gasteiger partial charge is 0.164 e. The van der Waals surface area contributed by atoms with Crippen LogP contribution in [0.25, 0.3) is 11.0 Å². The van der Waals surface area contributed by atoms with Crippen LogP contribution in [-0.2, 0) is 0 Å². The number of ketones is 1. The summed E-state index contributed by atoms with van der Waals surface area (Å²) in [5.41, 5.74) is 2.70. The van der Waals surface area contributed by atoms with E-state index in [1.54, 1.807) is 0 Å². The zero-order valence-electron chi connectivity index (χ0n) is 13.6. The van der Waals surface area contributed by atoms with E-state index in [1.807, 2.05) is 18.2 Å². The Kier molecular flexibility index (Phi) is 4.57. The molecule has 1 aliphatic heterocycles. The minimum Gasteiger partial charge on any atom is -0.342 e. The lowest BCUT2D eigenvalue weighted by Gasteiger charge is -2.25. The number of Topliss-reactive ketones (excluding diaryl/α,β-unsaturated/α-hetero) is 1. The number of imidazole rings is 1. The maximum absolute atomic E-state index is 12.4. The standard InChI is InChI=1S/C18H25N3O/c1-13(2)18-19-15-7-6-14(12-16(15)20-18)17(22)8-11-21-9-4-3-5-10-21/h6-7,12-13H,3-5,8-11H2,1-2H3,(H,19,20). The van der Waals surface area contributed by atoms with Crippen molar-refractivity contribution in [2.45, 2.75) is 45.4 Å². The topological polar surface area (TPSA) is 49.0 Å². The molecule has 1 N–H and O–H groups in total. The highest BCUT2D eigenvalue weighted by Gasteiger charge is 2.14. The number of likely N-dealkylation sites (tertiary alicyclic amines) is 1. The van der Waals surface area contributed by atoms with Crippen LogP contribution in [0.1, 0.15) is 61.6 Å². The monoisotopic (exact) mass is 299 g/mol. The Hall–Kier alpha value is -1.68. The first-order valence-electron chi connectivity index (χ1n) is 8.38. The number of aromatic amines is 1. The molecule has 1 aromatic carbocycles. The van der Waals surface area contributed by atoms with Gasteiger partial charge in [0.2, 0.25) is 0 Å². The van der Waals surface area contributed by atoms with Gasteiger partial charge in [0.05, 0.1) is 11.0 Å². The highest BCUT2D eigenvalue weighted by Crippen LogP contribution is 2.19. The molecule has 22 heavy (non-hydrogen) atoms. The van der Waals surface area contributed by atoms with Crippen LogP contribution in [0.15, 0.2) is 18.2 Å². The fourth-order valence-electron chi connectivity index (χ4n) is 3.06. The Morgan fingerprint density at radius 2 is 2.05 bits per heavy atom. The van der Waals surface area contributed by atoms with Crippen molar-refractivity contribution in [3.05, 3.63) is 29.6 Å². The summed E-state index contributed by atoms with van der Waals surface area (Å²) in [6.07, 6.45) is 4.48. The number of carbonyl (C=O) groups excluding carboxylic acids is 1. The van der Waals surface area contributed by atoms with Gasteiger partial charge in [0.1, 0.15) is 5.82 Å². The van der Waals surface area contributed by atoms with Gasteiger partial charge in [-0.25, -0.2) is 4.98 Å². The minimum absolute atomic E-state index is 0.230. The lowest BCUT2D eigenvalue weighted by molar-refractivity contribution is 0.0959. The van der Waals surface area contributed by atoms with E-state index in [9.17, 15) is 4.79 Å². The molecule has 4 heteroatoms. The van der Waals surface area contributed by atoms with E-state index < -0.39 is 0 Å². The normalized spacial score (nSPS) is 16.5. The van der Waals surface area contributed by atoms with Crippen LogP contribution in [-0.4, -0.2) is 40.3 Å². The van der Waals surface area contributed by atoms with Gasteiger partial charge in [0, 0.05) is 24.4 Å². The van der Waals surface area contributed by atoms with Crippen LogP contribution >= 0.6 is 0 Å². The first kappa shape index (κ1) is 15.2. The Balaban J connectivity index is 1.67. The molecule has 0 bridgehead atoms. The molecule has 0 unspecified atom stereocenters. The molecule has 4 nitrogen and oxygen atoms in total. The third kappa shape index (κ3) is 3.38. The van der Waals surface area contributed by atoms with Gasteiger partial charge in [-0.1, -0.05) is 20.3 Å². The zero-order valence-corrected chi connectivity index (χ0v) is 13.6. The molecular weight excluding hydrogens is 274 g/mol. The van der Waals surface area contributed by atoms with Crippen LogP contribution in [0, 0.1) is 0 Å². The number of rotatable bonds is 5. The largest absolute Gasteiger partial charge is 0.342 e. The molecule has 0 atom stereocenters. The number of piperidine rings is 1. The Labute approximate surface area is 131 Å². The molecule has 1 fully saturated rings. The second-order valence-corrected chi connectivity index (χ2v) is 6.58. The average Bonchev–Trinajstić information content (AvgIpc) is 2.97. The van der Waals surface area contributed by atoms with Gasteiger partial charge in [0.15, 0.2) is 5.78 Å². The molecule has 118 valence electrons. The third-order valence-corrected chi connectivity index (χ3v) is 4.47. The number of aromatic nitrogens is 2. The number of carbonyl (C=O) groups is 1. The van der Waals surface area contributed by atoms with Crippen molar-refractivity contribution in [3.8, 4) is 0 Å². The molecule has 0 amide bonds. The lowest BCUT2D eigenvalue weighted by Crippen LogP contribution is -2.31. The molecular formula is C18H25N3O. The Morgan fingerprint density at radius 3 is 2.77 bits per heavy atom. The summed E-state index contributed by atoms with van der Waals surface area (Å²) in [6, 6.07) is 5.81. The van der Waals surface area contributed by atoms with Gasteiger partial charge in [-0.3, -0.25) is 4.79 Å². The summed E-state index contributed by atoms with van der Waals surface area (Å²) in [6.45, 7) is 7.40. The van der Waals surface area contributed by atoms with Crippen molar-refractivity contribution in [2.75, 3.05) is 19.6 Å².